The normalized spacial score (nSPS) is 11.2. The van der Waals surface area contributed by atoms with Crippen molar-refractivity contribution in [2.75, 3.05) is 5.75 Å². The van der Waals surface area contributed by atoms with Gasteiger partial charge in [0.05, 0.1) is 12.0 Å². The summed E-state index contributed by atoms with van der Waals surface area (Å²) in [5.41, 5.74) is 4.51. The number of rotatable bonds is 5. The second-order valence-electron chi connectivity index (χ2n) is 4.83. The highest BCUT2D eigenvalue weighted by molar-refractivity contribution is 8.00. The molecule has 2 N–H and O–H groups in total. The number of H-pyrrole nitrogens is 1. The van der Waals surface area contributed by atoms with Crippen molar-refractivity contribution in [3.63, 3.8) is 0 Å². The summed E-state index contributed by atoms with van der Waals surface area (Å²) in [4.78, 5) is 15.9. The van der Waals surface area contributed by atoms with Gasteiger partial charge in [0.1, 0.15) is 0 Å². The van der Waals surface area contributed by atoms with Crippen LogP contribution in [-0.2, 0) is 4.79 Å². The van der Waals surface area contributed by atoms with Crippen molar-refractivity contribution in [3.8, 4) is 0 Å². The molecule has 0 aliphatic heterocycles. The monoisotopic (exact) mass is 343 g/mol. The number of aromatic amines is 1. The Balaban J connectivity index is 1.53. The molecule has 3 aromatic rings. The number of amides is 1. The third kappa shape index (κ3) is 4.15. The minimum atomic E-state index is -0.152. The Hall–Kier alpha value is -2.24. The summed E-state index contributed by atoms with van der Waals surface area (Å²) < 4.78 is 0. The SMILES string of the molecule is O=C(CSc1ccc(Cl)cc1)N/N=C/c1c[nH]c2ccccc12. The van der Waals surface area contributed by atoms with Gasteiger partial charge in [0.15, 0.2) is 0 Å². The second-order valence-corrected chi connectivity index (χ2v) is 6.31. The molecular weight excluding hydrogens is 330 g/mol. The van der Waals surface area contributed by atoms with Gasteiger partial charge in [0.25, 0.3) is 0 Å². The van der Waals surface area contributed by atoms with E-state index in [4.69, 9.17) is 11.6 Å². The number of nitrogens with zero attached hydrogens (tertiary/aromatic N) is 1. The van der Waals surface area contributed by atoms with Gasteiger partial charge in [0, 0.05) is 32.6 Å². The number of hydrogen-bond donors (Lipinski definition) is 2. The molecule has 0 spiro atoms. The Morgan fingerprint density at radius 2 is 2.00 bits per heavy atom. The lowest BCUT2D eigenvalue weighted by Gasteiger charge is -2.01. The van der Waals surface area contributed by atoms with E-state index in [2.05, 4.69) is 15.5 Å². The summed E-state index contributed by atoms with van der Waals surface area (Å²) in [6.07, 6.45) is 3.51. The van der Waals surface area contributed by atoms with Crippen LogP contribution in [0.25, 0.3) is 10.9 Å². The van der Waals surface area contributed by atoms with Crippen molar-refractivity contribution in [3.05, 3.63) is 65.3 Å². The lowest BCUT2D eigenvalue weighted by Crippen LogP contribution is -2.19. The van der Waals surface area contributed by atoms with Crippen LogP contribution in [0.2, 0.25) is 5.02 Å². The number of aromatic nitrogens is 1. The van der Waals surface area contributed by atoms with E-state index in [1.165, 1.54) is 11.8 Å². The van der Waals surface area contributed by atoms with Crippen molar-refractivity contribution >= 4 is 46.4 Å². The maximum atomic E-state index is 11.8. The number of hydrazone groups is 1. The van der Waals surface area contributed by atoms with Gasteiger partial charge in [-0.25, -0.2) is 5.43 Å². The van der Waals surface area contributed by atoms with Crippen molar-refractivity contribution in [2.45, 2.75) is 4.90 Å². The summed E-state index contributed by atoms with van der Waals surface area (Å²) in [7, 11) is 0. The predicted octanol–water partition coefficient (Wildman–Crippen LogP) is 4.06. The first-order valence-corrected chi connectivity index (χ1v) is 8.35. The zero-order chi connectivity index (χ0) is 16.1. The van der Waals surface area contributed by atoms with Crippen LogP contribution in [0.1, 0.15) is 5.56 Å². The van der Waals surface area contributed by atoms with E-state index in [0.717, 1.165) is 21.4 Å². The molecular formula is C17H14ClN3OS. The van der Waals surface area contributed by atoms with Crippen molar-refractivity contribution in [2.24, 2.45) is 5.10 Å². The van der Waals surface area contributed by atoms with E-state index in [0.29, 0.717) is 10.8 Å². The molecule has 4 nitrogen and oxygen atoms in total. The van der Waals surface area contributed by atoms with Crippen LogP contribution in [-0.4, -0.2) is 22.9 Å². The molecule has 0 saturated carbocycles. The summed E-state index contributed by atoms with van der Waals surface area (Å²) in [5, 5.41) is 5.76. The van der Waals surface area contributed by atoms with Crippen LogP contribution in [0.3, 0.4) is 0 Å². The Kier molecular flexibility index (Phi) is 5.00. The second kappa shape index (κ2) is 7.35. The van der Waals surface area contributed by atoms with E-state index in [1.807, 2.05) is 42.6 Å². The Morgan fingerprint density at radius 1 is 1.22 bits per heavy atom. The number of benzene rings is 2. The zero-order valence-electron chi connectivity index (χ0n) is 12.1. The summed E-state index contributed by atoms with van der Waals surface area (Å²) in [6, 6.07) is 15.3. The summed E-state index contributed by atoms with van der Waals surface area (Å²) >= 11 is 7.26. The fourth-order valence-electron chi connectivity index (χ4n) is 2.09. The predicted molar refractivity (Wildman–Crippen MR) is 96.2 cm³/mol. The number of hydrogen-bond acceptors (Lipinski definition) is 3. The minimum absolute atomic E-state index is 0.152. The molecule has 23 heavy (non-hydrogen) atoms. The number of thioether (sulfide) groups is 1. The van der Waals surface area contributed by atoms with Gasteiger partial charge in [-0.2, -0.15) is 5.10 Å². The highest BCUT2D eigenvalue weighted by Crippen LogP contribution is 2.20. The number of carbonyl (C=O) groups excluding carboxylic acids is 1. The Morgan fingerprint density at radius 3 is 2.83 bits per heavy atom. The van der Waals surface area contributed by atoms with Crippen molar-refractivity contribution in [1.82, 2.24) is 10.4 Å². The van der Waals surface area contributed by atoms with Crippen molar-refractivity contribution in [1.29, 1.82) is 0 Å². The van der Waals surface area contributed by atoms with Crippen LogP contribution in [0.4, 0.5) is 0 Å². The molecule has 1 amide bonds. The van der Waals surface area contributed by atoms with E-state index < -0.39 is 0 Å². The average Bonchev–Trinajstić information content (AvgIpc) is 2.98. The largest absolute Gasteiger partial charge is 0.361 e. The van der Waals surface area contributed by atoms with Gasteiger partial charge in [0.2, 0.25) is 5.91 Å². The smallest absolute Gasteiger partial charge is 0.250 e. The summed E-state index contributed by atoms with van der Waals surface area (Å²) in [6.45, 7) is 0. The molecule has 1 aromatic heterocycles. The van der Waals surface area contributed by atoms with Crippen molar-refractivity contribution < 1.29 is 4.79 Å². The topological polar surface area (TPSA) is 57.2 Å². The number of halogens is 1. The molecule has 0 bridgehead atoms. The van der Waals surface area contributed by atoms with Gasteiger partial charge in [-0.1, -0.05) is 29.8 Å². The van der Waals surface area contributed by atoms with Gasteiger partial charge in [-0.15, -0.1) is 11.8 Å². The van der Waals surface area contributed by atoms with Crippen LogP contribution in [0.15, 0.2) is 64.7 Å². The minimum Gasteiger partial charge on any atom is -0.361 e. The molecule has 116 valence electrons. The van der Waals surface area contributed by atoms with Gasteiger partial charge >= 0.3 is 0 Å². The molecule has 6 heteroatoms. The van der Waals surface area contributed by atoms with Gasteiger partial charge in [-0.05, 0) is 30.3 Å². The lowest BCUT2D eigenvalue weighted by atomic mass is 10.2. The van der Waals surface area contributed by atoms with Crippen LogP contribution in [0.5, 0.6) is 0 Å². The molecule has 1 heterocycles. The third-order valence-corrected chi connectivity index (χ3v) is 4.46. The third-order valence-electron chi connectivity index (χ3n) is 3.20. The highest BCUT2D eigenvalue weighted by Gasteiger charge is 2.03. The molecule has 0 fully saturated rings. The molecule has 0 atom stereocenters. The molecule has 0 unspecified atom stereocenters. The first-order valence-electron chi connectivity index (χ1n) is 6.99. The van der Waals surface area contributed by atoms with Gasteiger partial charge < -0.3 is 4.98 Å². The molecule has 0 saturated heterocycles. The van der Waals surface area contributed by atoms with Crippen LogP contribution in [0, 0.1) is 0 Å². The number of nitrogens with one attached hydrogen (secondary N) is 2. The van der Waals surface area contributed by atoms with Gasteiger partial charge in [-0.3, -0.25) is 4.79 Å². The number of fused-ring (bicyclic) bond motifs is 1. The average molecular weight is 344 g/mol. The zero-order valence-corrected chi connectivity index (χ0v) is 13.7. The highest BCUT2D eigenvalue weighted by atomic mass is 35.5. The first-order chi connectivity index (χ1) is 11.2. The van der Waals surface area contributed by atoms with E-state index in [9.17, 15) is 4.79 Å². The van der Waals surface area contributed by atoms with Crippen LogP contribution >= 0.6 is 23.4 Å². The molecule has 0 aliphatic rings. The Bertz CT molecular complexity index is 842. The van der Waals surface area contributed by atoms with Crippen LogP contribution < -0.4 is 5.43 Å². The standard InChI is InChI=1S/C17H14ClN3OS/c18-13-5-7-14(8-6-13)23-11-17(22)21-20-10-12-9-19-16-4-2-1-3-15(12)16/h1-10,19H,11H2,(H,21,22)/b20-10+. The first kappa shape index (κ1) is 15.6. The molecule has 0 radical (unpaired) electrons. The molecule has 0 aliphatic carbocycles. The number of para-hydroxylation sites is 1. The quantitative estimate of drug-likeness (QED) is 0.417. The summed E-state index contributed by atoms with van der Waals surface area (Å²) in [5.74, 6) is 0.147. The molecule has 2 aromatic carbocycles. The fraction of sp³-hybridized carbons (Fsp3) is 0.0588. The lowest BCUT2D eigenvalue weighted by molar-refractivity contribution is -0.118. The van der Waals surface area contributed by atoms with E-state index in [-0.39, 0.29) is 5.91 Å². The Labute approximate surface area is 142 Å². The number of carbonyl (C=O) groups is 1. The van der Waals surface area contributed by atoms with E-state index >= 15 is 0 Å². The molecule has 3 rings (SSSR count). The van der Waals surface area contributed by atoms with E-state index in [1.54, 1.807) is 18.3 Å². The maximum absolute atomic E-state index is 11.8. The maximum Gasteiger partial charge on any atom is 0.250 e. The fourth-order valence-corrected chi connectivity index (χ4v) is 2.90.